The van der Waals surface area contributed by atoms with Crippen LogP contribution in [0, 0.1) is 0 Å². The standard InChI is InChI=1S/C17H18N4O/c1-2-13-10-20-16(11-19-13)17(22)18-8-7-14-9-12-5-3-4-6-15(12)21-14/h3-6,9-11,21H,2,7-8H2,1H3,(H,18,22). The van der Waals surface area contributed by atoms with Gasteiger partial charge in [0.05, 0.1) is 11.9 Å². The molecular weight excluding hydrogens is 276 g/mol. The second-order valence-corrected chi connectivity index (χ2v) is 5.13. The molecule has 0 spiro atoms. The van der Waals surface area contributed by atoms with Gasteiger partial charge in [-0.25, -0.2) is 4.98 Å². The van der Waals surface area contributed by atoms with Crippen molar-refractivity contribution in [3.63, 3.8) is 0 Å². The maximum absolute atomic E-state index is 12.0. The number of rotatable bonds is 5. The van der Waals surface area contributed by atoms with Crippen LogP contribution in [0.3, 0.4) is 0 Å². The number of nitrogens with zero attached hydrogens (tertiary/aromatic N) is 2. The number of benzene rings is 1. The van der Waals surface area contributed by atoms with Gasteiger partial charge in [0.25, 0.3) is 5.91 Å². The number of hydrogen-bond donors (Lipinski definition) is 2. The predicted molar refractivity (Wildman–Crippen MR) is 85.7 cm³/mol. The lowest BCUT2D eigenvalue weighted by Gasteiger charge is -2.04. The summed E-state index contributed by atoms with van der Waals surface area (Å²) in [6.45, 7) is 2.56. The molecule has 2 heterocycles. The van der Waals surface area contributed by atoms with Crippen LogP contribution < -0.4 is 5.32 Å². The molecule has 0 aliphatic heterocycles. The highest BCUT2D eigenvalue weighted by Gasteiger charge is 2.07. The number of aromatic amines is 1. The Labute approximate surface area is 128 Å². The molecule has 3 rings (SSSR count). The molecule has 1 amide bonds. The van der Waals surface area contributed by atoms with Gasteiger partial charge < -0.3 is 10.3 Å². The summed E-state index contributed by atoms with van der Waals surface area (Å²) in [6.07, 6.45) is 4.74. The highest BCUT2D eigenvalue weighted by molar-refractivity contribution is 5.91. The number of aromatic nitrogens is 3. The molecule has 5 nitrogen and oxygen atoms in total. The van der Waals surface area contributed by atoms with Gasteiger partial charge in [-0.2, -0.15) is 0 Å². The number of hydrogen-bond acceptors (Lipinski definition) is 3. The summed E-state index contributed by atoms with van der Waals surface area (Å²) in [5.74, 6) is -0.189. The van der Waals surface area contributed by atoms with Crippen LogP contribution >= 0.6 is 0 Å². The normalized spacial score (nSPS) is 10.8. The number of para-hydroxylation sites is 1. The Kier molecular flexibility index (Phi) is 4.14. The molecule has 1 aromatic carbocycles. The molecule has 0 saturated heterocycles. The zero-order chi connectivity index (χ0) is 15.4. The molecule has 2 aromatic heterocycles. The Morgan fingerprint density at radius 3 is 2.82 bits per heavy atom. The first-order chi connectivity index (χ1) is 10.8. The van der Waals surface area contributed by atoms with E-state index in [4.69, 9.17) is 0 Å². The van der Waals surface area contributed by atoms with E-state index >= 15 is 0 Å². The number of H-pyrrole nitrogens is 1. The lowest BCUT2D eigenvalue weighted by molar-refractivity contribution is 0.0948. The minimum Gasteiger partial charge on any atom is -0.358 e. The van der Waals surface area contributed by atoms with Gasteiger partial charge in [-0.15, -0.1) is 0 Å². The van der Waals surface area contributed by atoms with Gasteiger partial charge in [-0.1, -0.05) is 25.1 Å². The van der Waals surface area contributed by atoms with Crippen LogP contribution in [0.4, 0.5) is 0 Å². The van der Waals surface area contributed by atoms with Crippen LogP contribution in [-0.4, -0.2) is 27.4 Å². The molecular formula is C17H18N4O. The van der Waals surface area contributed by atoms with Gasteiger partial charge in [0.1, 0.15) is 5.69 Å². The number of fused-ring (bicyclic) bond motifs is 1. The lowest BCUT2D eigenvalue weighted by atomic mass is 10.2. The Bertz CT molecular complexity index is 744. The molecule has 112 valence electrons. The number of nitrogens with one attached hydrogen (secondary N) is 2. The average Bonchev–Trinajstić information content (AvgIpc) is 2.97. The first-order valence-electron chi connectivity index (χ1n) is 7.42. The van der Waals surface area contributed by atoms with Crippen molar-refractivity contribution in [2.75, 3.05) is 6.54 Å². The van der Waals surface area contributed by atoms with E-state index in [2.05, 4.69) is 32.4 Å². The third-order valence-electron chi connectivity index (χ3n) is 3.57. The minimum absolute atomic E-state index is 0.189. The van der Waals surface area contributed by atoms with Crippen molar-refractivity contribution in [3.8, 4) is 0 Å². The van der Waals surface area contributed by atoms with Crippen LogP contribution in [0.25, 0.3) is 10.9 Å². The smallest absolute Gasteiger partial charge is 0.271 e. The number of carbonyl (C=O) groups is 1. The van der Waals surface area contributed by atoms with Crippen molar-refractivity contribution in [3.05, 3.63) is 59.8 Å². The molecule has 22 heavy (non-hydrogen) atoms. The molecule has 5 heteroatoms. The second kappa shape index (κ2) is 6.39. The van der Waals surface area contributed by atoms with Gasteiger partial charge >= 0.3 is 0 Å². The fourth-order valence-corrected chi connectivity index (χ4v) is 2.32. The number of carbonyl (C=O) groups excluding carboxylic acids is 1. The molecule has 0 atom stereocenters. The van der Waals surface area contributed by atoms with Gasteiger partial charge in [-0.3, -0.25) is 9.78 Å². The minimum atomic E-state index is -0.189. The van der Waals surface area contributed by atoms with Crippen LogP contribution in [-0.2, 0) is 12.8 Å². The van der Waals surface area contributed by atoms with E-state index in [1.165, 1.54) is 11.6 Å². The first kappa shape index (κ1) is 14.3. The van der Waals surface area contributed by atoms with E-state index in [0.29, 0.717) is 12.2 Å². The Hall–Kier alpha value is -2.69. The molecule has 3 aromatic rings. The third-order valence-corrected chi connectivity index (χ3v) is 3.57. The molecule has 0 saturated carbocycles. The van der Waals surface area contributed by atoms with Crippen LogP contribution in [0.5, 0.6) is 0 Å². The zero-order valence-electron chi connectivity index (χ0n) is 12.5. The fourth-order valence-electron chi connectivity index (χ4n) is 2.32. The summed E-state index contributed by atoms with van der Waals surface area (Å²) in [5.41, 5.74) is 3.46. The average molecular weight is 294 g/mol. The summed E-state index contributed by atoms with van der Waals surface area (Å²) in [5, 5.41) is 4.05. The van der Waals surface area contributed by atoms with E-state index < -0.39 is 0 Å². The van der Waals surface area contributed by atoms with E-state index in [0.717, 1.165) is 29.7 Å². The Morgan fingerprint density at radius 1 is 1.23 bits per heavy atom. The van der Waals surface area contributed by atoms with E-state index in [-0.39, 0.29) is 5.91 Å². The third kappa shape index (κ3) is 3.14. The van der Waals surface area contributed by atoms with E-state index in [9.17, 15) is 4.79 Å². The largest absolute Gasteiger partial charge is 0.358 e. The molecule has 0 unspecified atom stereocenters. The summed E-state index contributed by atoms with van der Waals surface area (Å²) in [4.78, 5) is 23.6. The summed E-state index contributed by atoms with van der Waals surface area (Å²) < 4.78 is 0. The van der Waals surface area contributed by atoms with Crippen molar-refractivity contribution in [2.45, 2.75) is 19.8 Å². The molecule has 0 aliphatic rings. The molecule has 2 N–H and O–H groups in total. The predicted octanol–water partition coefficient (Wildman–Crippen LogP) is 2.49. The van der Waals surface area contributed by atoms with Gasteiger partial charge in [0, 0.05) is 30.4 Å². The van der Waals surface area contributed by atoms with Crippen molar-refractivity contribution in [1.82, 2.24) is 20.3 Å². The van der Waals surface area contributed by atoms with Gasteiger partial charge in [-0.05, 0) is 23.9 Å². The van der Waals surface area contributed by atoms with Crippen molar-refractivity contribution >= 4 is 16.8 Å². The number of aryl methyl sites for hydroxylation is 1. The molecule has 0 aliphatic carbocycles. The fraction of sp³-hybridized carbons (Fsp3) is 0.235. The zero-order valence-corrected chi connectivity index (χ0v) is 12.5. The Morgan fingerprint density at radius 2 is 2.09 bits per heavy atom. The topological polar surface area (TPSA) is 70.7 Å². The van der Waals surface area contributed by atoms with Gasteiger partial charge in [0.15, 0.2) is 0 Å². The maximum Gasteiger partial charge on any atom is 0.271 e. The van der Waals surface area contributed by atoms with E-state index in [1.54, 1.807) is 6.20 Å². The molecule has 0 bridgehead atoms. The van der Waals surface area contributed by atoms with Crippen molar-refractivity contribution in [1.29, 1.82) is 0 Å². The highest BCUT2D eigenvalue weighted by Crippen LogP contribution is 2.14. The quantitative estimate of drug-likeness (QED) is 0.759. The lowest BCUT2D eigenvalue weighted by Crippen LogP contribution is -2.26. The Balaban J connectivity index is 1.56. The van der Waals surface area contributed by atoms with E-state index in [1.807, 2.05) is 25.1 Å². The molecule has 0 fully saturated rings. The summed E-state index contributed by atoms with van der Waals surface area (Å²) in [7, 11) is 0. The second-order valence-electron chi connectivity index (χ2n) is 5.13. The maximum atomic E-state index is 12.0. The van der Waals surface area contributed by atoms with Crippen LogP contribution in [0.1, 0.15) is 28.8 Å². The van der Waals surface area contributed by atoms with Crippen molar-refractivity contribution in [2.24, 2.45) is 0 Å². The highest BCUT2D eigenvalue weighted by atomic mass is 16.1. The van der Waals surface area contributed by atoms with Crippen LogP contribution in [0.2, 0.25) is 0 Å². The SMILES string of the molecule is CCc1cnc(C(=O)NCCc2cc3ccccc3[nH]2)cn1. The van der Waals surface area contributed by atoms with Crippen molar-refractivity contribution < 1.29 is 4.79 Å². The first-order valence-corrected chi connectivity index (χ1v) is 7.42. The van der Waals surface area contributed by atoms with Crippen LogP contribution in [0.15, 0.2) is 42.7 Å². The number of amides is 1. The summed E-state index contributed by atoms with van der Waals surface area (Å²) in [6, 6.07) is 10.2. The monoisotopic (exact) mass is 294 g/mol. The summed E-state index contributed by atoms with van der Waals surface area (Å²) >= 11 is 0. The molecule has 0 radical (unpaired) electrons. The van der Waals surface area contributed by atoms with Gasteiger partial charge in [0.2, 0.25) is 0 Å².